The molecule has 1 atom stereocenters. The van der Waals surface area contributed by atoms with Crippen LogP contribution in [0.5, 0.6) is 0 Å². The monoisotopic (exact) mass is 401 g/mol. The Kier molecular flexibility index (Phi) is 5.44. The summed E-state index contributed by atoms with van der Waals surface area (Å²) in [5.41, 5.74) is 1.59. The van der Waals surface area contributed by atoms with Crippen molar-refractivity contribution < 1.29 is 14.0 Å². The van der Waals surface area contributed by atoms with E-state index in [0.717, 1.165) is 37.6 Å². The maximum atomic E-state index is 13.4. The fourth-order valence-corrected chi connectivity index (χ4v) is 4.05. The molecule has 0 aromatic heterocycles. The van der Waals surface area contributed by atoms with E-state index in [9.17, 15) is 14.0 Å². The molecule has 7 heteroatoms. The number of benzene rings is 2. The number of hydrogen-bond acceptors (Lipinski definition) is 4. The molecule has 0 saturated carbocycles. The standard InChI is InChI=1S/C21H21ClFN3O2/c22-17-12-16(6-7-18(17)23)26-20(27)13-19(21(26)28)25-10-8-24(9-11-25)14-15-4-2-1-3-5-15/h1-7,12,19H,8-11,13-14H2. The molecule has 2 fully saturated rings. The van der Waals surface area contributed by atoms with Gasteiger partial charge >= 0.3 is 0 Å². The topological polar surface area (TPSA) is 43.9 Å². The summed E-state index contributed by atoms with van der Waals surface area (Å²) in [6.07, 6.45) is 0.145. The van der Waals surface area contributed by atoms with Gasteiger partial charge in [0.2, 0.25) is 5.91 Å². The number of carbonyl (C=O) groups excluding carboxylic acids is 2. The minimum absolute atomic E-state index is 0.101. The highest BCUT2D eigenvalue weighted by Crippen LogP contribution is 2.29. The average molecular weight is 402 g/mol. The molecular formula is C21H21ClFN3O2. The molecule has 2 aromatic rings. The van der Waals surface area contributed by atoms with Crippen molar-refractivity contribution in [3.8, 4) is 0 Å². The smallest absolute Gasteiger partial charge is 0.251 e. The molecule has 146 valence electrons. The molecule has 0 aliphatic carbocycles. The third kappa shape index (κ3) is 3.81. The fourth-order valence-electron chi connectivity index (χ4n) is 3.87. The Morgan fingerprint density at radius 1 is 1.00 bits per heavy atom. The Morgan fingerprint density at radius 3 is 2.39 bits per heavy atom. The maximum Gasteiger partial charge on any atom is 0.251 e. The fraction of sp³-hybridized carbons (Fsp3) is 0.333. The minimum Gasteiger partial charge on any atom is -0.297 e. The van der Waals surface area contributed by atoms with E-state index >= 15 is 0 Å². The van der Waals surface area contributed by atoms with Crippen LogP contribution in [0.3, 0.4) is 0 Å². The molecule has 0 radical (unpaired) electrons. The van der Waals surface area contributed by atoms with Gasteiger partial charge in [-0.15, -0.1) is 0 Å². The molecule has 5 nitrogen and oxygen atoms in total. The van der Waals surface area contributed by atoms with Crippen molar-refractivity contribution in [2.45, 2.75) is 19.0 Å². The van der Waals surface area contributed by atoms with Crippen LogP contribution in [0.25, 0.3) is 0 Å². The first-order chi connectivity index (χ1) is 13.5. The van der Waals surface area contributed by atoms with Crippen molar-refractivity contribution in [1.82, 2.24) is 9.80 Å². The average Bonchev–Trinajstić information content (AvgIpc) is 3.00. The van der Waals surface area contributed by atoms with E-state index in [4.69, 9.17) is 11.6 Å². The first-order valence-electron chi connectivity index (χ1n) is 9.35. The van der Waals surface area contributed by atoms with Crippen molar-refractivity contribution in [1.29, 1.82) is 0 Å². The second-order valence-electron chi connectivity index (χ2n) is 7.18. The second-order valence-corrected chi connectivity index (χ2v) is 7.59. The van der Waals surface area contributed by atoms with Crippen LogP contribution in [0.4, 0.5) is 10.1 Å². The Bertz CT molecular complexity index is 884. The van der Waals surface area contributed by atoms with E-state index in [1.165, 1.54) is 23.8 Å². The van der Waals surface area contributed by atoms with Crippen LogP contribution in [0, 0.1) is 5.82 Å². The predicted octanol–water partition coefficient (Wildman–Crippen LogP) is 2.93. The normalized spacial score (nSPS) is 21.5. The van der Waals surface area contributed by atoms with Gasteiger partial charge in [0.25, 0.3) is 5.91 Å². The van der Waals surface area contributed by atoms with Crippen molar-refractivity contribution in [2.24, 2.45) is 0 Å². The molecule has 0 spiro atoms. The molecule has 2 amide bonds. The van der Waals surface area contributed by atoms with E-state index < -0.39 is 11.9 Å². The maximum absolute atomic E-state index is 13.4. The zero-order chi connectivity index (χ0) is 19.7. The number of halogens is 2. The number of imide groups is 1. The molecule has 0 bridgehead atoms. The Hall–Kier alpha value is -2.28. The summed E-state index contributed by atoms with van der Waals surface area (Å²) >= 11 is 5.82. The van der Waals surface area contributed by atoms with E-state index in [0.29, 0.717) is 5.69 Å². The van der Waals surface area contributed by atoms with E-state index in [1.54, 1.807) is 0 Å². The van der Waals surface area contributed by atoms with Gasteiger partial charge in [-0.1, -0.05) is 41.9 Å². The van der Waals surface area contributed by atoms with Crippen molar-refractivity contribution >= 4 is 29.1 Å². The lowest BCUT2D eigenvalue weighted by Gasteiger charge is -2.37. The molecule has 2 saturated heterocycles. The largest absolute Gasteiger partial charge is 0.297 e. The van der Waals surface area contributed by atoms with Gasteiger partial charge in [0.05, 0.1) is 23.2 Å². The third-order valence-electron chi connectivity index (χ3n) is 5.38. The number of carbonyl (C=O) groups is 2. The summed E-state index contributed by atoms with van der Waals surface area (Å²) < 4.78 is 13.4. The van der Waals surface area contributed by atoms with Gasteiger partial charge in [-0.05, 0) is 23.8 Å². The van der Waals surface area contributed by atoms with Crippen LogP contribution < -0.4 is 4.90 Å². The number of amides is 2. The van der Waals surface area contributed by atoms with Crippen molar-refractivity contribution in [3.63, 3.8) is 0 Å². The summed E-state index contributed by atoms with van der Waals surface area (Å²) in [5, 5.41) is -0.101. The van der Waals surface area contributed by atoms with Crippen molar-refractivity contribution in [2.75, 3.05) is 31.1 Å². The lowest BCUT2D eigenvalue weighted by Crippen LogP contribution is -2.52. The van der Waals surface area contributed by atoms with E-state index in [-0.39, 0.29) is 23.3 Å². The number of nitrogens with zero attached hydrogens (tertiary/aromatic N) is 3. The molecule has 2 aromatic carbocycles. The second kappa shape index (κ2) is 7.99. The molecule has 4 rings (SSSR count). The zero-order valence-electron chi connectivity index (χ0n) is 15.4. The highest BCUT2D eigenvalue weighted by molar-refractivity contribution is 6.31. The van der Waals surface area contributed by atoms with Gasteiger partial charge in [-0.3, -0.25) is 19.4 Å². The van der Waals surface area contributed by atoms with Gasteiger partial charge in [0.15, 0.2) is 0 Å². The molecule has 2 heterocycles. The zero-order valence-corrected chi connectivity index (χ0v) is 16.1. The minimum atomic E-state index is -0.574. The van der Waals surface area contributed by atoms with Crippen LogP contribution in [0.2, 0.25) is 5.02 Å². The molecule has 28 heavy (non-hydrogen) atoms. The van der Waals surface area contributed by atoms with Gasteiger partial charge in [0.1, 0.15) is 5.82 Å². The van der Waals surface area contributed by atoms with Crippen LogP contribution in [0.1, 0.15) is 12.0 Å². The molecule has 2 aliphatic heterocycles. The van der Waals surface area contributed by atoms with E-state index in [1.807, 2.05) is 18.2 Å². The number of anilines is 1. The summed E-state index contributed by atoms with van der Waals surface area (Å²) in [4.78, 5) is 30.9. The Labute approximate surface area is 168 Å². The SMILES string of the molecule is O=C1CC(N2CCN(Cc3ccccc3)CC2)C(=O)N1c1ccc(F)c(Cl)c1. The summed E-state index contributed by atoms with van der Waals surface area (Å²) in [5.74, 6) is -1.11. The van der Waals surface area contributed by atoms with Gasteiger partial charge < -0.3 is 0 Å². The predicted molar refractivity (Wildman–Crippen MR) is 106 cm³/mol. The number of rotatable bonds is 4. The highest BCUT2D eigenvalue weighted by atomic mass is 35.5. The van der Waals surface area contributed by atoms with Gasteiger partial charge in [0, 0.05) is 32.7 Å². The lowest BCUT2D eigenvalue weighted by molar-refractivity contribution is -0.123. The van der Waals surface area contributed by atoms with Crippen LogP contribution in [-0.4, -0.2) is 53.8 Å². The van der Waals surface area contributed by atoms with Crippen molar-refractivity contribution in [3.05, 3.63) is 64.9 Å². The third-order valence-corrected chi connectivity index (χ3v) is 5.67. The van der Waals surface area contributed by atoms with Crippen LogP contribution in [-0.2, 0) is 16.1 Å². The first kappa shape index (κ1) is 19.1. The van der Waals surface area contributed by atoms with Crippen LogP contribution >= 0.6 is 11.6 Å². The Morgan fingerprint density at radius 2 is 1.71 bits per heavy atom. The summed E-state index contributed by atoms with van der Waals surface area (Å²) in [7, 11) is 0. The van der Waals surface area contributed by atoms with E-state index in [2.05, 4.69) is 21.9 Å². The summed E-state index contributed by atoms with van der Waals surface area (Å²) in [6.45, 7) is 4.03. The quantitative estimate of drug-likeness (QED) is 0.739. The first-order valence-corrected chi connectivity index (χ1v) is 9.73. The highest BCUT2D eigenvalue weighted by Gasteiger charge is 2.43. The number of piperazine rings is 1. The Balaban J connectivity index is 1.40. The van der Waals surface area contributed by atoms with Crippen LogP contribution in [0.15, 0.2) is 48.5 Å². The van der Waals surface area contributed by atoms with Gasteiger partial charge in [-0.25, -0.2) is 9.29 Å². The number of hydrogen-bond donors (Lipinski definition) is 0. The summed E-state index contributed by atoms with van der Waals surface area (Å²) in [6, 6.07) is 13.7. The molecule has 1 unspecified atom stereocenters. The molecule has 0 N–H and O–H groups in total. The molecule has 2 aliphatic rings. The molecular weight excluding hydrogens is 381 g/mol. The lowest BCUT2D eigenvalue weighted by atomic mass is 10.1. The van der Waals surface area contributed by atoms with Gasteiger partial charge in [-0.2, -0.15) is 0 Å².